The molecule has 1 nitrogen and oxygen atoms in total. The van der Waals surface area contributed by atoms with Crippen molar-refractivity contribution in [2.75, 3.05) is 0 Å². The molecule has 1 aliphatic rings. The van der Waals surface area contributed by atoms with Crippen LogP contribution in [0.4, 0.5) is 4.39 Å². The van der Waals surface area contributed by atoms with Crippen molar-refractivity contribution in [2.45, 2.75) is 32.6 Å². The molecule has 0 saturated heterocycles. The molecule has 0 spiro atoms. The van der Waals surface area contributed by atoms with Crippen molar-refractivity contribution in [2.24, 2.45) is 0 Å². The average molecular weight is 232 g/mol. The first-order valence-corrected chi connectivity index (χ1v) is 6.11. The van der Waals surface area contributed by atoms with Gasteiger partial charge in [-0.3, -0.25) is 0 Å². The van der Waals surface area contributed by atoms with E-state index in [1.165, 1.54) is 11.6 Å². The highest BCUT2D eigenvalue weighted by Crippen LogP contribution is 2.22. The maximum atomic E-state index is 13.0. The molecule has 17 heavy (non-hydrogen) atoms. The van der Waals surface area contributed by atoms with Crippen LogP contribution in [0.2, 0.25) is 0 Å². The molecule has 0 radical (unpaired) electrons. The number of ether oxygens (including phenoxy) is 1. The lowest BCUT2D eigenvalue weighted by atomic mass is 10.1. The van der Waals surface area contributed by atoms with Crippen LogP contribution in [-0.2, 0) is 6.42 Å². The first-order chi connectivity index (χ1) is 8.28. The molecule has 2 heteroatoms. The van der Waals surface area contributed by atoms with Gasteiger partial charge in [-0.1, -0.05) is 25.5 Å². The quantitative estimate of drug-likeness (QED) is 0.740. The number of hydrogen-bond acceptors (Lipinski definition) is 1. The molecule has 1 aromatic rings. The Bertz CT molecular complexity index is 429. The Balaban J connectivity index is 2.01. The van der Waals surface area contributed by atoms with Crippen LogP contribution in [0.25, 0.3) is 0 Å². The summed E-state index contributed by atoms with van der Waals surface area (Å²) in [5.74, 6) is 1.27. The molecule has 0 heterocycles. The van der Waals surface area contributed by atoms with Crippen LogP contribution in [0.5, 0.6) is 5.75 Å². The summed E-state index contributed by atoms with van der Waals surface area (Å²) in [4.78, 5) is 0. The van der Waals surface area contributed by atoms with Gasteiger partial charge in [-0.15, -0.1) is 0 Å². The zero-order chi connectivity index (χ0) is 12.1. The first kappa shape index (κ1) is 11.9. The maximum absolute atomic E-state index is 13.0. The van der Waals surface area contributed by atoms with Crippen LogP contribution in [0.1, 0.15) is 31.7 Å². The van der Waals surface area contributed by atoms with Crippen molar-refractivity contribution >= 4 is 0 Å². The van der Waals surface area contributed by atoms with E-state index in [1.807, 2.05) is 18.2 Å². The van der Waals surface area contributed by atoms with E-state index in [0.717, 1.165) is 18.6 Å². The monoisotopic (exact) mass is 232 g/mol. The van der Waals surface area contributed by atoms with Crippen molar-refractivity contribution in [1.82, 2.24) is 0 Å². The molecule has 0 atom stereocenters. The first-order valence-electron chi connectivity index (χ1n) is 6.11. The second-order valence-electron chi connectivity index (χ2n) is 4.23. The second kappa shape index (κ2) is 5.67. The van der Waals surface area contributed by atoms with E-state index >= 15 is 0 Å². The van der Waals surface area contributed by atoms with Gasteiger partial charge in [0.2, 0.25) is 0 Å². The van der Waals surface area contributed by atoms with E-state index in [9.17, 15) is 4.39 Å². The highest BCUT2D eigenvalue weighted by Gasteiger charge is 2.06. The Morgan fingerprint density at radius 3 is 2.65 bits per heavy atom. The second-order valence-corrected chi connectivity index (χ2v) is 4.23. The molecule has 0 amide bonds. The van der Waals surface area contributed by atoms with Gasteiger partial charge in [0.15, 0.2) is 0 Å². The number of halogens is 1. The summed E-state index contributed by atoms with van der Waals surface area (Å²) in [7, 11) is 0. The molecule has 2 rings (SSSR count). The fraction of sp³-hybridized carbons (Fsp3) is 0.333. The molecule has 0 aromatic heterocycles. The number of aryl methyl sites for hydroxylation is 1. The summed E-state index contributed by atoms with van der Waals surface area (Å²) in [5.41, 5.74) is 1.30. The molecular formula is C15H17FO. The third-order valence-electron chi connectivity index (χ3n) is 2.73. The SMILES string of the molecule is CCCc1ccc(OC2=CCCC(F)=C2)cc1. The highest BCUT2D eigenvalue weighted by atomic mass is 19.1. The lowest BCUT2D eigenvalue weighted by Crippen LogP contribution is -1.97. The molecule has 0 N–H and O–H groups in total. The van der Waals surface area contributed by atoms with Crippen LogP contribution in [0, 0.1) is 0 Å². The van der Waals surface area contributed by atoms with Crippen LogP contribution in [-0.4, -0.2) is 0 Å². The van der Waals surface area contributed by atoms with Gasteiger partial charge < -0.3 is 4.74 Å². The third-order valence-corrected chi connectivity index (χ3v) is 2.73. The summed E-state index contributed by atoms with van der Waals surface area (Å²) >= 11 is 0. The van der Waals surface area contributed by atoms with Crippen molar-refractivity contribution < 1.29 is 9.13 Å². The fourth-order valence-electron chi connectivity index (χ4n) is 1.86. The van der Waals surface area contributed by atoms with E-state index in [4.69, 9.17) is 4.74 Å². The standard InChI is InChI=1S/C15H17FO/c1-2-4-12-7-9-14(10-8-12)17-15-6-3-5-13(16)11-15/h6-11H,2-5H2,1H3. The molecular weight excluding hydrogens is 215 g/mol. The van der Waals surface area contributed by atoms with Gasteiger partial charge in [0.25, 0.3) is 0 Å². The Hall–Kier alpha value is -1.57. The van der Waals surface area contributed by atoms with E-state index in [1.54, 1.807) is 0 Å². The predicted molar refractivity (Wildman–Crippen MR) is 67.6 cm³/mol. The number of hydrogen-bond donors (Lipinski definition) is 0. The van der Waals surface area contributed by atoms with Crippen LogP contribution < -0.4 is 4.74 Å². The Morgan fingerprint density at radius 1 is 1.24 bits per heavy atom. The lowest BCUT2D eigenvalue weighted by Gasteiger charge is -2.11. The normalized spacial score (nSPS) is 15.2. The van der Waals surface area contributed by atoms with Gasteiger partial charge >= 0.3 is 0 Å². The summed E-state index contributed by atoms with van der Waals surface area (Å²) in [5, 5.41) is 0. The Kier molecular flexibility index (Phi) is 3.97. The van der Waals surface area contributed by atoms with E-state index in [0.29, 0.717) is 18.6 Å². The predicted octanol–water partition coefficient (Wildman–Crippen LogP) is 4.55. The summed E-state index contributed by atoms with van der Waals surface area (Å²) in [6, 6.07) is 7.99. The Morgan fingerprint density at radius 2 is 2.00 bits per heavy atom. The van der Waals surface area contributed by atoms with Gasteiger partial charge in [0, 0.05) is 12.5 Å². The smallest absolute Gasteiger partial charge is 0.127 e. The van der Waals surface area contributed by atoms with Gasteiger partial charge in [0.1, 0.15) is 17.3 Å². The van der Waals surface area contributed by atoms with Gasteiger partial charge in [-0.25, -0.2) is 4.39 Å². The van der Waals surface area contributed by atoms with Crippen molar-refractivity contribution in [3.8, 4) is 5.75 Å². The molecule has 0 bridgehead atoms. The number of allylic oxidation sites excluding steroid dienone is 3. The summed E-state index contributed by atoms with van der Waals surface area (Å²) < 4.78 is 18.6. The minimum absolute atomic E-state index is 0.106. The van der Waals surface area contributed by atoms with Gasteiger partial charge in [-0.05, 0) is 36.6 Å². The minimum atomic E-state index is -0.106. The number of rotatable bonds is 4. The van der Waals surface area contributed by atoms with Gasteiger partial charge in [-0.2, -0.15) is 0 Å². The van der Waals surface area contributed by atoms with Crippen molar-refractivity contribution in [3.05, 3.63) is 53.6 Å². The maximum Gasteiger partial charge on any atom is 0.127 e. The molecule has 1 aliphatic carbocycles. The molecule has 0 unspecified atom stereocenters. The average Bonchev–Trinajstić information content (AvgIpc) is 2.32. The molecule has 0 saturated carbocycles. The Labute approximate surface area is 102 Å². The highest BCUT2D eigenvalue weighted by molar-refractivity contribution is 5.31. The van der Waals surface area contributed by atoms with E-state index in [-0.39, 0.29) is 5.83 Å². The summed E-state index contributed by atoms with van der Waals surface area (Å²) in [6.07, 6.45) is 6.80. The zero-order valence-corrected chi connectivity index (χ0v) is 10.1. The van der Waals surface area contributed by atoms with Crippen LogP contribution in [0.3, 0.4) is 0 Å². The number of benzene rings is 1. The largest absolute Gasteiger partial charge is 0.458 e. The van der Waals surface area contributed by atoms with Crippen LogP contribution >= 0.6 is 0 Å². The minimum Gasteiger partial charge on any atom is -0.458 e. The van der Waals surface area contributed by atoms with Crippen molar-refractivity contribution in [1.29, 1.82) is 0 Å². The molecule has 0 fully saturated rings. The van der Waals surface area contributed by atoms with Crippen LogP contribution in [0.15, 0.2) is 48.0 Å². The topological polar surface area (TPSA) is 9.23 Å². The summed E-state index contributed by atoms with van der Waals surface area (Å²) in [6.45, 7) is 2.16. The molecule has 0 aliphatic heterocycles. The van der Waals surface area contributed by atoms with E-state index in [2.05, 4.69) is 19.1 Å². The zero-order valence-electron chi connectivity index (χ0n) is 10.1. The fourth-order valence-corrected chi connectivity index (χ4v) is 1.86. The van der Waals surface area contributed by atoms with Crippen molar-refractivity contribution in [3.63, 3.8) is 0 Å². The van der Waals surface area contributed by atoms with Gasteiger partial charge in [0.05, 0.1) is 0 Å². The third kappa shape index (κ3) is 3.45. The molecule has 1 aromatic carbocycles. The van der Waals surface area contributed by atoms with E-state index < -0.39 is 0 Å². The lowest BCUT2D eigenvalue weighted by molar-refractivity contribution is 0.429. The molecule has 90 valence electrons.